The zero-order valence-corrected chi connectivity index (χ0v) is 19.3. The van der Waals surface area contributed by atoms with Crippen LogP contribution >= 0.6 is 0 Å². The van der Waals surface area contributed by atoms with E-state index in [2.05, 4.69) is 17.4 Å². The van der Waals surface area contributed by atoms with Crippen LogP contribution < -0.4 is 5.32 Å². The minimum Gasteiger partial charge on any atom is -0.341 e. The van der Waals surface area contributed by atoms with E-state index >= 15 is 0 Å². The van der Waals surface area contributed by atoms with Crippen LogP contribution in [-0.2, 0) is 20.8 Å². The van der Waals surface area contributed by atoms with Crippen molar-refractivity contribution in [2.75, 3.05) is 26.7 Å². The van der Waals surface area contributed by atoms with E-state index in [1.54, 1.807) is 11.9 Å². The molecule has 6 heteroatoms. The van der Waals surface area contributed by atoms with Crippen molar-refractivity contribution < 1.29 is 14.4 Å². The number of carbonyl (C=O) groups excluding carboxylic acids is 3. The van der Waals surface area contributed by atoms with Crippen molar-refractivity contribution in [1.82, 2.24) is 15.1 Å². The highest BCUT2D eigenvalue weighted by atomic mass is 16.2. The third-order valence-corrected chi connectivity index (χ3v) is 7.11. The molecule has 3 rings (SSSR count). The summed E-state index contributed by atoms with van der Waals surface area (Å²) in [7, 11) is 1.75. The number of piperidine rings is 1. The molecule has 0 radical (unpaired) electrons. The average Bonchev–Trinajstić information content (AvgIpc) is 3.21. The zero-order chi connectivity index (χ0) is 22.5. The molecule has 1 aromatic carbocycles. The Hall–Kier alpha value is -2.21. The van der Waals surface area contributed by atoms with Gasteiger partial charge in [-0.15, -0.1) is 0 Å². The van der Waals surface area contributed by atoms with Gasteiger partial charge in [0.2, 0.25) is 11.8 Å². The Kier molecular flexibility index (Phi) is 7.87. The van der Waals surface area contributed by atoms with E-state index in [1.807, 2.05) is 43.9 Å². The molecule has 0 aliphatic carbocycles. The second kappa shape index (κ2) is 10.4. The fourth-order valence-electron chi connectivity index (χ4n) is 4.87. The second-order valence-electron chi connectivity index (χ2n) is 9.41. The van der Waals surface area contributed by atoms with Crippen LogP contribution in [0, 0.1) is 17.8 Å². The number of rotatable bonds is 9. The minimum absolute atomic E-state index is 0.0302. The lowest BCUT2D eigenvalue weighted by Crippen LogP contribution is -2.55. The number of likely N-dealkylation sites (tertiary alicyclic amines) is 2. The van der Waals surface area contributed by atoms with Gasteiger partial charge in [-0.05, 0) is 50.6 Å². The molecule has 2 amide bonds. The number of nitrogens with zero attached hydrogens (tertiary/aromatic N) is 2. The molecule has 0 saturated carbocycles. The molecular weight excluding hydrogens is 390 g/mol. The summed E-state index contributed by atoms with van der Waals surface area (Å²) in [4.78, 5) is 43.1. The maximum absolute atomic E-state index is 13.5. The Morgan fingerprint density at radius 1 is 1.10 bits per heavy atom. The van der Waals surface area contributed by atoms with Gasteiger partial charge in [0, 0.05) is 32.0 Å². The molecule has 0 spiro atoms. The molecule has 2 aliphatic heterocycles. The average molecular weight is 428 g/mol. The first-order valence-corrected chi connectivity index (χ1v) is 11.7. The van der Waals surface area contributed by atoms with E-state index in [1.165, 1.54) is 5.56 Å². The Bertz CT molecular complexity index is 779. The molecule has 1 aromatic rings. The quantitative estimate of drug-likeness (QED) is 0.658. The van der Waals surface area contributed by atoms with E-state index in [4.69, 9.17) is 0 Å². The van der Waals surface area contributed by atoms with Crippen LogP contribution in [0.4, 0.5) is 0 Å². The lowest BCUT2D eigenvalue weighted by Gasteiger charge is -2.39. The van der Waals surface area contributed by atoms with Crippen molar-refractivity contribution in [3.05, 3.63) is 35.9 Å². The zero-order valence-electron chi connectivity index (χ0n) is 19.3. The van der Waals surface area contributed by atoms with E-state index in [9.17, 15) is 14.4 Å². The van der Waals surface area contributed by atoms with Gasteiger partial charge in [-0.25, -0.2) is 0 Å². The van der Waals surface area contributed by atoms with Gasteiger partial charge in [0.25, 0.3) is 0 Å². The third-order valence-electron chi connectivity index (χ3n) is 7.11. The van der Waals surface area contributed by atoms with Crippen molar-refractivity contribution in [1.29, 1.82) is 0 Å². The van der Waals surface area contributed by atoms with Crippen LogP contribution in [-0.4, -0.2) is 66.2 Å². The topological polar surface area (TPSA) is 69.7 Å². The molecule has 2 saturated heterocycles. The molecule has 2 heterocycles. The van der Waals surface area contributed by atoms with Gasteiger partial charge in [0.1, 0.15) is 11.8 Å². The smallest absolute Gasteiger partial charge is 0.245 e. The van der Waals surface area contributed by atoms with Crippen molar-refractivity contribution >= 4 is 17.6 Å². The lowest BCUT2D eigenvalue weighted by molar-refractivity contribution is -0.151. The first-order valence-electron chi connectivity index (χ1n) is 11.7. The summed E-state index contributed by atoms with van der Waals surface area (Å²) in [6, 6.07) is 9.56. The third kappa shape index (κ3) is 5.35. The molecular formula is C25H37N3O3. The highest BCUT2D eigenvalue weighted by molar-refractivity contribution is 5.93. The number of hydrogen-bond acceptors (Lipinski definition) is 4. The van der Waals surface area contributed by atoms with Gasteiger partial charge < -0.3 is 15.1 Å². The SMILES string of the molecule is CN[C@@H](C)C(=O)C[C@H](C(=O)N1CC[C@@H]2CCN(CCc3ccccc3)C(=O)[C@@H]21)C(C)C. The van der Waals surface area contributed by atoms with Crippen LogP contribution in [0.3, 0.4) is 0 Å². The first-order chi connectivity index (χ1) is 14.8. The molecule has 1 N–H and O–H groups in total. The number of Topliss-reactive ketones (excluding diaryl/α,β-unsaturated/α-hetero) is 1. The first kappa shape index (κ1) is 23.5. The Labute approximate surface area is 186 Å². The molecule has 170 valence electrons. The van der Waals surface area contributed by atoms with E-state index < -0.39 is 0 Å². The highest BCUT2D eigenvalue weighted by Crippen LogP contribution is 2.35. The lowest BCUT2D eigenvalue weighted by atomic mass is 9.86. The second-order valence-corrected chi connectivity index (χ2v) is 9.41. The number of ketones is 1. The Morgan fingerprint density at radius 3 is 2.42 bits per heavy atom. The normalized spacial score (nSPS) is 23.1. The van der Waals surface area contributed by atoms with Crippen molar-refractivity contribution in [2.45, 2.75) is 58.5 Å². The van der Waals surface area contributed by atoms with Gasteiger partial charge >= 0.3 is 0 Å². The molecule has 6 nitrogen and oxygen atoms in total. The standard InChI is InChI=1S/C25H37N3O3/c1-17(2)21(16-22(29)18(3)26-4)24(30)28-15-12-20-11-14-27(25(31)23(20)28)13-10-19-8-6-5-7-9-19/h5-9,17-18,20-21,23,26H,10-16H2,1-4H3/t18-,20-,21-,23+/m0/s1. The van der Waals surface area contributed by atoms with E-state index in [-0.39, 0.29) is 53.9 Å². The maximum atomic E-state index is 13.5. The maximum Gasteiger partial charge on any atom is 0.245 e. The van der Waals surface area contributed by atoms with Gasteiger partial charge in [0.15, 0.2) is 0 Å². The minimum atomic E-state index is -0.380. The molecule has 2 fully saturated rings. The monoisotopic (exact) mass is 427 g/mol. The van der Waals surface area contributed by atoms with E-state index in [0.29, 0.717) is 13.1 Å². The predicted octanol–water partition coefficient (Wildman–Crippen LogP) is 2.52. The molecule has 0 unspecified atom stereocenters. The van der Waals surface area contributed by atoms with Crippen LogP contribution in [0.1, 0.15) is 45.6 Å². The molecule has 31 heavy (non-hydrogen) atoms. The summed E-state index contributed by atoms with van der Waals surface area (Å²) in [5, 5.41) is 2.97. The van der Waals surface area contributed by atoms with E-state index in [0.717, 1.165) is 25.8 Å². The number of likely N-dealkylation sites (N-methyl/N-ethyl adjacent to an activating group) is 1. The summed E-state index contributed by atoms with van der Waals surface area (Å²) in [5.41, 5.74) is 1.22. The molecule has 2 aliphatic rings. The van der Waals surface area contributed by atoms with Gasteiger partial charge in [-0.1, -0.05) is 44.2 Å². The summed E-state index contributed by atoms with van der Waals surface area (Å²) in [5.74, 6) is 0.00349. The van der Waals surface area contributed by atoms with Crippen molar-refractivity contribution in [3.8, 4) is 0 Å². The van der Waals surface area contributed by atoms with Crippen LogP contribution in [0.5, 0.6) is 0 Å². The number of fused-ring (bicyclic) bond motifs is 1. The number of benzene rings is 1. The predicted molar refractivity (Wildman–Crippen MR) is 121 cm³/mol. The molecule has 0 bridgehead atoms. The highest BCUT2D eigenvalue weighted by Gasteiger charge is 2.47. The number of amides is 2. The summed E-state index contributed by atoms with van der Waals surface area (Å²) < 4.78 is 0. The summed E-state index contributed by atoms with van der Waals surface area (Å²) >= 11 is 0. The fourth-order valence-corrected chi connectivity index (χ4v) is 4.87. The van der Waals surface area contributed by atoms with Crippen LogP contribution in [0.15, 0.2) is 30.3 Å². The van der Waals surface area contributed by atoms with Gasteiger partial charge in [0.05, 0.1) is 6.04 Å². The number of hydrogen-bond donors (Lipinski definition) is 1. The van der Waals surface area contributed by atoms with Crippen LogP contribution in [0.25, 0.3) is 0 Å². The summed E-state index contributed by atoms with van der Waals surface area (Å²) in [6.07, 6.45) is 2.86. The van der Waals surface area contributed by atoms with Gasteiger partial charge in [-0.3, -0.25) is 14.4 Å². The molecule has 0 aromatic heterocycles. The Balaban J connectivity index is 1.69. The van der Waals surface area contributed by atoms with Crippen LogP contribution in [0.2, 0.25) is 0 Å². The van der Waals surface area contributed by atoms with Crippen molar-refractivity contribution in [2.24, 2.45) is 17.8 Å². The number of carbonyl (C=O) groups is 3. The number of nitrogens with one attached hydrogen (secondary N) is 1. The summed E-state index contributed by atoms with van der Waals surface area (Å²) in [6.45, 7) is 7.86. The largest absolute Gasteiger partial charge is 0.341 e. The van der Waals surface area contributed by atoms with Gasteiger partial charge in [-0.2, -0.15) is 0 Å². The molecule has 4 atom stereocenters. The fraction of sp³-hybridized carbons (Fsp3) is 0.640. The van der Waals surface area contributed by atoms with Crippen molar-refractivity contribution in [3.63, 3.8) is 0 Å². The Morgan fingerprint density at radius 2 is 1.77 bits per heavy atom.